The Morgan fingerprint density at radius 2 is 0.711 bits per heavy atom. The highest BCUT2D eigenvalue weighted by Gasteiger charge is 2.55. The first-order valence-corrected chi connectivity index (χ1v) is 14.1. The summed E-state index contributed by atoms with van der Waals surface area (Å²) in [6, 6.07) is 0. The van der Waals surface area contributed by atoms with Crippen LogP contribution in [0.4, 0.5) is 0 Å². The molecular formula is C24H42O21. The van der Waals surface area contributed by atoms with Crippen molar-refractivity contribution in [1.29, 1.82) is 0 Å². The van der Waals surface area contributed by atoms with Crippen LogP contribution >= 0.6 is 0 Å². The molecule has 0 amide bonds. The summed E-state index contributed by atoms with van der Waals surface area (Å²) < 4.78 is 37.7. The molecule has 0 aliphatic carbocycles. The minimum atomic E-state index is -2.05. The molecule has 4 aliphatic heterocycles. The predicted octanol–water partition coefficient (Wildman–Crippen LogP) is -9.75. The fourth-order valence-electron chi connectivity index (χ4n) is 5.53. The maximum absolute atomic E-state index is 11.1. The summed E-state index contributed by atoms with van der Waals surface area (Å²) in [7, 11) is 0. The molecule has 20 atom stereocenters. The number of aliphatic hydroxyl groups excluding tert-OH is 14. The van der Waals surface area contributed by atoms with Gasteiger partial charge in [0.15, 0.2) is 25.2 Å². The van der Waals surface area contributed by atoms with Gasteiger partial charge < -0.3 is 105 Å². The zero-order valence-corrected chi connectivity index (χ0v) is 23.5. The predicted molar refractivity (Wildman–Crippen MR) is 134 cm³/mol. The lowest BCUT2D eigenvalue weighted by atomic mass is 9.95. The lowest BCUT2D eigenvalue weighted by Crippen LogP contribution is -2.67. The molecule has 4 fully saturated rings. The van der Waals surface area contributed by atoms with Crippen LogP contribution in [0, 0.1) is 0 Å². The summed E-state index contributed by atoms with van der Waals surface area (Å²) in [4.78, 5) is 0. The molecule has 0 aromatic heterocycles. The topological polar surface area (TPSA) is 348 Å². The van der Waals surface area contributed by atoms with Crippen molar-refractivity contribution in [3.63, 3.8) is 0 Å². The van der Waals surface area contributed by atoms with E-state index in [4.69, 9.17) is 33.2 Å². The highest BCUT2D eigenvalue weighted by Crippen LogP contribution is 2.34. The first-order chi connectivity index (χ1) is 21.3. The van der Waals surface area contributed by atoms with Gasteiger partial charge in [0.2, 0.25) is 0 Å². The molecule has 4 heterocycles. The molecule has 14 N–H and O–H groups in total. The fraction of sp³-hybridized carbons (Fsp3) is 1.00. The van der Waals surface area contributed by atoms with E-state index in [9.17, 15) is 71.5 Å². The van der Waals surface area contributed by atoms with E-state index in [0.717, 1.165) is 0 Å². The standard InChI is InChI=1S/C24H42O21/c25-1-5-9(29)12(32)15(35)22(40-5)44-19-10(30)7(3-27)42-24(17(19)37)45-20-11(31)6(2-26)41-23(16(20)36)43-18-8(4-28)39-21(38)14(34)13(18)33/h5-38H,1-4H2/t5-,6-,7-,8-,9+,10+,11+,12+,13-,14-,15-,16-,17-,18-,19+,20+,21-,22-,23+,24-/m1/s1. The number of aliphatic hydroxyl groups is 14. The highest BCUT2D eigenvalue weighted by atomic mass is 16.8. The summed E-state index contributed by atoms with van der Waals surface area (Å²) in [6.07, 6.45) is -36.0. The highest BCUT2D eigenvalue weighted by molar-refractivity contribution is 4.97. The molecular weight excluding hydrogens is 624 g/mol. The lowest BCUT2D eigenvalue weighted by Gasteiger charge is -2.49. The van der Waals surface area contributed by atoms with Crippen LogP contribution < -0.4 is 0 Å². The van der Waals surface area contributed by atoms with Crippen LogP contribution in [0.2, 0.25) is 0 Å². The first-order valence-electron chi connectivity index (χ1n) is 14.1. The zero-order valence-electron chi connectivity index (χ0n) is 23.5. The van der Waals surface area contributed by atoms with Gasteiger partial charge in [0, 0.05) is 0 Å². The van der Waals surface area contributed by atoms with Crippen molar-refractivity contribution in [3.8, 4) is 0 Å². The monoisotopic (exact) mass is 666 g/mol. The fourth-order valence-corrected chi connectivity index (χ4v) is 5.53. The Hall–Kier alpha value is -0.840. The van der Waals surface area contributed by atoms with E-state index in [1.54, 1.807) is 0 Å². The van der Waals surface area contributed by atoms with Crippen LogP contribution in [0.25, 0.3) is 0 Å². The number of rotatable bonds is 10. The van der Waals surface area contributed by atoms with Gasteiger partial charge in [-0.25, -0.2) is 0 Å². The van der Waals surface area contributed by atoms with Crippen LogP contribution in [0.1, 0.15) is 0 Å². The largest absolute Gasteiger partial charge is 0.394 e. The molecule has 0 saturated carbocycles. The van der Waals surface area contributed by atoms with Crippen molar-refractivity contribution in [1.82, 2.24) is 0 Å². The molecule has 264 valence electrons. The third-order valence-electron chi connectivity index (χ3n) is 8.21. The summed E-state index contributed by atoms with van der Waals surface area (Å²) in [5.41, 5.74) is 0. The molecule has 4 aliphatic rings. The molecule has 45 heavy (non-hydrogen) atoms. The molecule has 0 aromatic rings. The summed E-state index contributed by atoms with van der Waals surface area (Å²) in [5, 5.41) is 143. The lowest BCUT2D eigenvalue weighted by molar-refractivity contribution is -0.389. The summed E-state index contributed by atoms with van der Waals surface area (Å²) in [5.74, 6) is 0. The minimum Gasteiger partial charge on any atom is -0.394 e. The van der Waals surface area contributed by atoms with Gasteiger partial charge in [-0.15, -0.1) is 0 Å². The Morgan fingerprint density at radius 1 is 0.333 bits per heavy atom. The van der Waals surface area contributed by atoms with Gasteiger partial charge in [0.05, 0.1) is 26.4 Å². The van der Waals surface area contributed by atoms with Gasteiger partial charge in [-0.05, 0) is 0 Å². The van der Waals surface area contributed by atoms with Crippen LogP contribution in [0.5, 0.6) is 0 Å². The molecule has 4 rings (SSSR count). The van der Waals surface area contributed by atoms with Gasteiger partial charge in [-0.2, -0.15) is 0 Å². The number of ether oxygens (including phenoxy) is 7. The minimum absolute atomic E-state index is 0.813. The van der Waals surface area contributed by atoms with Crippen molar-refractivity contribution in [3.05, 3.63) is 0 Å². The van der Waals surface area contributed by atoms with E-state index < -0.39 is 149 Å². The van der Waals surface area contributed by atoms with Crippen molar-refractivity contribution in [2.45, 2.75) is 123 Å². The average molecular weight is 667 g/mol. The zero-order chi connectivity index (χ0) is 33.3. The Labute approximate surface area is 254 Å². The first kappa shape index (κ1) is 37.0. The molecule has 21 nitrogen and oxygen atoms in total. The molecule has 0 spiro atoms. The Balaban J connectivity index is 1.53. The van der Waals surface area contributed by atoms with E-state index in [1.165, 1.54) is 0 Å². The molecule has 4 saturated heterocycles. The van der Waals surface area contributed by atoms with Gasteiger partial charge >= 0.3 is 0 Å². The molecule has 0 radical (unpaired) electrons. The van der Waals surface area contributed by atoms with Crippen LogP contribution in [0.3, 0.4) is 0 Å². The molecule has 0 aromatic carbocycles. The smallest absolute Gasteiger partial charge is 0.187 e. The molecule has 0 bridgehead atoms. The van der Waals surface area contributed by atoms with Crippen molar-refractivity contribution in [2.24, 2.45) is 0 Å². The number of hydrogen-bond acceptors (Lipinski definition) is 21. The molecule has 21 heteroatoms. The van der Waals surface area contributed by atoms with Crippen molar-refractivity contribution >= 4 is 0 Å². The quantitative estimate of drug-likeness (QED) is 0.103. The SMILES string of the molecule is OC[C@H]1O[C@H](O[C@H]2[C@@H](O)[C@@H](CO)O[C@H](O[C@H]3[C@@H](O)[C@@H](CO)O[C@@H](O[C@H]4[C@H](O)[C@@H](O)[C@H](O)O[C@@H]4CO)[C@@H]3O)[C@@H]2O)[C@H](O)[C@@H](O)[C@H]1O. The molecule has 0 unspecified atom stereocenters. The van der Waals surface area contributed by atoms with E-state index in [2.05, 4.69) is 0 Å². The third-order valence-corrected chi connectivity index (χ3v) is 8.21. The number of hydrogen-bond donors (Lipinski definition) is 14. The maximum Gasteiger partial charge on any atom is 0.187 e. The van der Waals surface area contributed by atoms with Gasteiger partial charge in [0.1, 0.15) is 97.7 Å². The third kappa shape index (κ3) is 7.44. The second-order valence-electron chi connectivity index (χ2n) is 11.1. The van der Waals surface area contributed by atoms with Crippen LogP contribution in [-0.4, -0.2) is 221 Å². The normalized spacial score (nSPS) is 52.9. The Kier molecular flexibility index (Phi) is 12.8. The van der Waals surface area contributed by atoms with E-state index in [0.29, 0.717) is 0 Å². The second-order valence-corrected chi connectivity index (χ2v) is 11.1. The van der Waals surface area contributed by atoms with Crippen LogP contribution in [-0.2, 0) is 33.2 Å². The van der Waals surface area contributed by atoms with Gasteiger partial charge in [0.25, 0.3) is 0 Å². The van der Waals surface area contributed by atoms with Gasteiger partial charge in [-0.3, -0.25) is 0 Å². The van der Waals surface area contributed by atoms with Gasteiger partial charge in [-0.1, -0.05) is 0 Å². The summed E-state index contributed by atoms with van der Waals surface area (Å²) in [6.45, 7) is -3.44. The Morgan fingerprint density at radius 3 is 1.13 bits per heavy atom. The van der Waals surface area contributed by atoms with Crippen LogP contribution in [0.15, 0.2) is 0 Å². The van der Waals surface area contributed by atoms with E-state index in [-0.39, 0.29) is 0 Å². The van der Waals surface area contributed by atoms with Crippen molar-refractivity contribution in [2.75, 3.05) is 26.4 Å². The maximum atomic E-state index is 11.1. The Bertz CT molecular complexity index is 914. The van der Waals surface area contributed by atoms with Crippen molar-refractivity contribution < 1.29 is 105 Å². The summed E-state index contributed by atoms with van der Waals surface area (Å²) >= 11 is 0. The second kappa shape index (κ2) is 15.6. The van der Waals surface area contributed by atoms with E-state index in [1.807, 2.05) is 0 Å². The average Bonchev–Trinajstić information content (AvgIpc) is 3.03. The van der Waals surface area contributed by atoms with E-state index >= 15 is 0 Å².